The van der Waals surface area contributed by atoms with Gasteiger partial charge >= 0.3 is 0 Å². The first-order valence-electron chi connectivity index (χ1n) is 6.36. The molecule has 0 bridgehead atoms. The molecule has 2 aromatic heterocycles. The Bertz CT molecular complexity index is 636. The van der Waals surface area contributed by atoms with Crippen molar-refractivity contribution in [2.75, 3.05) is 0 Å². The van der Waals surface area contributed by atoms with Crippen LogP contribution in [-0.4, -0.2) is 27.4 Å². The van der Waals surface area contributed by atoms with Crippen LogP contribution in [0, 0.1) is 0 Å². The van der Waals surface area contributed by atoms with E-state index in [1.807, 2.05) is 12.1 Å². The van der Waals surface area contributed by atoms with Crippen molar-refractivity contribution in [3.05, 3.63) is 54.1 Å². The third kappa shape index (κ3) is 2.40. The second-order valence-corrected chi connectivity index (χ2v) is 4.65. The summed E-state index contributed by atoms with van der Waals surface area (Å²) in [5, 5.41) is 5.51. The highest BCUT2D eigenvalue weighted by Gasteiger charge is 2.28. The van der Waals surface area contributed by atoms with Gasteiger partial charge in [-0.1, -0.05) is 6.07 Å². The number of nitrogens with zero attached hydrogens (tertiary/aromatic N) is 2. The lowest BCUT2D eigenvalue weighted by Gasteiger charge is -2.24. The Hall–Kier alpha value is -2.63. The van der Waals surface area contributed by atoms with Crippen molar-refractivity contribution in [3.8, 4) is 0 Å². The fraction of sp³-hybridized carbons (Fsp3) is 0.214. The first-order chi connectivity index (χ1) is 9.74. The van der Waals surface area contributed by atoms with Crippen molar-refractivity contribution in [3.63, 3.8) is 0 Å². The lowest BCUT2D eigenvalue weighted by atomic mass is 10.2. The molecule has 0 radical (unpaired) electrons. The topological polar surface area (TPSA) is 76.0 Å². The largest absolute Gasteiger partial charge is 0.350 e. The average molecular weight is 270 g/mol. The minimum Gasteiger partial charge on any atom is -0.350 e. The molecule has 2 N–H and O–H groups in total. The summed E-state index contributed by atoms with van der Waals surface area (Å²) >= 11 is 0. The van der Waals surface area contributed by atoms with Gasteiger partial charge in [-0.15, -0.1) is 0 Å². The van der Waals surface area contributed by atoms with Crippen LogP contribution in [-0.2, 0) is 17.9 Å². The van der Waals surface area contributed by atoms with Gasteiger partial charge in [-0.25, -0.2) is 0 Å². The Kier molecular flexibility index (Phi) is 3.20. The highest BCUT2D eigenvalue weighted by atomic mass is 16.2. The van der Waals surface area contributed by atoms with Gasteiger partial charge in [0.15, 0.2) is 0 Å². The number of hydrogen-bond acceptors (Lipinski definition) is 3. The van der Waals surface area contributed by atoms with Gasteiger partial charge in [-0.05, 0) is 23.8 Å². The van der Waals surface area contributed by atoms with Gasteiger partial charge in [0.1, 0.15) is 11.7 Å². The third-order valence-corrected chi connectivity index (χ3v) is 3.25. The van der Waals surface area contributed by atoms with Crippen molar-refractivity contribution in [1.82, 2.24) is 20.2 Å². The highest BCUT2D eigenvalue weighted by Crippen LogP contribution is 2.10. The number of carbonyl (C=O) groups excluding carboxylic acids is 2. The average Bonchev–Trinajstić information content (AvgIpc) is 2.95. The van der Waals surface area contributed by atoms with Crippen LogP contribution in [0.2, 0.25) is 0 Å². The molecule has 1 aliphatic heterocycles. The van der Waals surface area contributed by atoms with Crippen LogP contribution in [0.5, 0.6) is 0 Å². The second kappa shape index (κ2) is 5.16. The van der Waals surface area contributed by atoms with E-state index in [-0.39, 0.29) is 11.8 Å². The molecular formula is C14H14N4O2. The van der Waals surface area contributed by atoms with E-state index in [0.29, 0.717) is 18.8 Å². The zero-order valence-electron chi connectivity index (χ0n) is 10.7. The van der Waals surface area contributed by atoms with E-state index in [1.165, 1.54) is 0 Å². The number of hydrogen-bond donors (Lipinski definition) is 2. The Labute approximate surface area is 115 Å². The maximum Gasteiger partial charge on any atom is 0.268 e. The second-order valence-electron chi connectivity index (χ2n) is 4.65. The first kappa shape index (κ1) is 12.4. The summed E-state index contributed by atoms with van der Waals surface area (Å²) in [6.07, 6.45) is 5.18. The minimum absolute atomic E-state index is 0.193. The molecule has 1 atom stereocenters. The fourth-order valence-electron chi connectivity index (χ4n) is 2.22. The van der Waals surface area contributed by atoms with Crippen LogP contribution >= 0.6 is 0 Å². The van der Waals surface area contributed by atoms with Gasteiger partial charge in [0.2, 0.25) is 5.91 Å². The standard InChI is InChI=1S/C14H14N4O2/c19-13(16-8-10-3-1-5-15-7-10)11-9-18-6-2-4-12(18)14(20)17-11/h1-7,11H,8-9H2,(H,16,19)(H,17,20). The Morgan fingerprint density at radius 2 is 2.35 bits per heavy atom. The van der Waals surface area contributed by atoms with Crippen molar-refractivity contribution < 1.29 is 9.59 Å². The maximum atomic E-state index is 12.1. The number of nitrogens with one attached hydrogen (secondary N) is 2. The molecule has 0 aromatic carbocycles. The van der Waals surface area contributed by atoms with Crippen molar-refractivity contribution in [2.45, 2.75) is 19.1 Å². The quantitative estimate of drug-likeness (QED) is 0.843. The Morgan fingerprint density at radius 3 is 3.15 bits per heavy atom. The van der Waals surface area contributed by atoms with Crippen molar-refractivity contribution in [1.29, 1.82) is 0 Å². The molecule has 102 valence electrons. The van der Waals surface area contributed by atoms with E-state index < -0.39 is 6.04 Å². The molecule has 0 saturated heterocycles. The number of rotatable bonds is 3. The maximum absolute atomic E-state index is 12.1. The van der Waals surface area contributed by atoms with Crippen molar-refractivity contribution >= 4 is 11.8 Å². The summed E-state index contributed by atoms with van der Waals surface area (Å²) in [6.45, 7) is 0.852. The molecule has 0 saturated carbocycles. The molecule has 0 spiro atoms. The van der Waals surface area contributed by atoms with Gasteiger partial charge in [0, 0.05) is 25.1 Å². The number of fused-ring (bicyclic) bond motifs is 1. The fourth-order valence-corrected chi connectivity index (χ4v) is 2.22. The molecule has 20 heavy (non-hydrogen) atoms. The van der Waals surface area contributed by atoms with Crippen LogP contribution < -0.4 is 10.6 Å². The lowest BCUT2D eigenvalue weighted by Crippen LogP contribution is -2.52. The molecule has 2 aromatic rings. The minimum atomic E-state index is -0.543. The molecule has 1 aliphatic rings. The Balaban J connectivity index is 1.63. The predicted molar refractivity (Wildman–Crippen MR) is 71.8 cm³/mol. The van der Waals surface area contributed by atoms with E-state index in [9.17, 15) is 9.59 Å². The molecule has 0 fully saturated rings. The monoisotopic (exact) mass is 270 g/mol. The zero-order chi connectivity index (χ0) is 13.9. The highest BCUT2D eigenvalue weighted by molar-refractivity contribution is 5.97. The SMILES string of the molecule is O=C1NC(C(=O)NCc2cccnc2)Cn2cccc21. The normalized spacial score (nSPS) is 17.2. The summed E-state index contributed by atoms with van der Waals surface area (Å²) in [7, 11) is 0. The molecule has 6 nitrogen and oxygen atoms in total. The van der Waals surface area contributed by atoms with Gasteiger partial charge in [-0.2, -0.15) is 0 Å². The number of carbonyl (C=O) groups is 2. The lowest BCUT2D eigenvalue weighted by molar-refractivity contribution is -0.123. The van der Waals surface area contributed by atoms with E-state index in [0.717, 1.165) is 5.56 Å². The van der Waals surface area contributed by atoms with Crippen LogP contribution in [0.3, 0.4) is 0 Å². The van der Waals surface area contributed by atoms with Gasteiger partial charge in [0.05, 0.1) is 6.54 Å². The van der Waals surface area contributed by atoms with Crippen LogP contribution in [0.1, 0.15) is 16.1 Å². The number of amides is 2. The summed E-state index contributed by atoms with van der Waals surface area (Å²) < 4.78 is 1.78. The number of aromatic nitrogens is 2. The van der Waals surface area contributed by atoms with E-state index in [2.05, 4.69) is 15.6 Å². The van der Waals surface area contributed by atoms with E-state index >= 15 is 0 Å². The van der Waals surface area contributed by atoms with Crippen LogP contribution in [0.4, 0.5) is 0 Å². The van der Waals surface area contributed by atoms with Gasteiger partial charge in [0.25, 0.3) is 5.91 Å². The van der Waals surface area contributed by atoms with E-state index in [1.54, 1.807) is 35.3 Å². The molecule has 2 amide bonds. The smallest absolute Gasteiger partial charge is 0.268 e. The van der Waals surface area contributed by atoms with Crippen LogP contribution in [0.25, 0.3) is 0 Å². The summed E-state index contributed by atoms with van der Waals surface area (Å²) in [4.78, 5) is 27.9. The summed E-state index contributed by atoms with van der Waals surface area (Å²) in [5.41, 5.74) is 1.51. The Morgan fingerprint density at radius 1 is 1.45 bits per heavy atom. The zero-order valence-corrected chi connectivity index (χ0v) is 10.7. The summed E-state index contributed by atoms with van der Waals surface area (Å²) in [5.74, 6) is -0.413. The predicted octanol–water partition coefficient (Wildman–Crippen LogP) is 0.311. The number of pyridine rings is 1. The van der Waals surface area contributed by atoms with Crippen molar-refractivity contribution in [2.24, 2.45) is 0 Å². The molecular weight excluding hydrogens is 256 g/mol. The summed E-state index contributed by atoms with van der Waals surface area (Å²) in [6, 6.07) is 6.69. The van der Waals surface area contributed by atoms with Crippen LogP contribution in [0.15, 0.2) is 42.9 Å². The molecule has 3 rings (SSSR count). The molecule has 1 unspecified atom stereocenters. The molecule has 6 heteroatoms. The van der Waals surface area contributed by atoms with Gasteiger partial charge in [-0.3, -0.25) is 14.6 Å². The van der Waals surface area contributed by atoms with Gasteiger partial charge < -0.3 is 15.2 Å². The first-order valence-corrected chi connectivity index (χ1v) is 6.36. The molecule has 0 aliphatic carbocycles. The third-order valence-electron chi connectivity index (χ3n) is 3.25. The van der Waals surface area contributed by atoms with E-state index in [4.69, 9.17) is 0 Å². The molecule has 3 heterocycles.